The first-order valence-corrected chi connectivity index (χ1v) is 10.9. The molecule has 0 spiro atoms. The Labute approximate surface area is 175 Å². The van der Waals surface area contributed by atoms with Crippen LogP contribution in [0.15, 0.2) is 52.2 Å². The number of aromatic nitrogens is 4. The first-order chi connectivity index (χ1) is 13.7. The van der Waals surface area contributed by atoms with Crippen LogP contribution in [0.1, 0.15) is 29.1 Å². The summed E-state index contributed by atoms with van der Waals surface area (Å²) in [6.07, 6.45) is 3.84. The van der Waals surface area contributed by atoms with Crippen LogP contribution in [0.3, 0.4) is 0 Å². The molecule has 0 saturated carbocycles. The third kappa shape index (κ3) is 4.67. The number of nitrogens with one attached hydrogen (secondary N) is 1. The number of carbonyl (C=O) groups is 1. The van der Waals surface area contributed by atoms with Crippen molar-refractivity contribution in [1.29, 1.82) is 0 Å². The molecule has 0 aliphatic rings. The van der Waals surface area contributed by atoms with E-state index >= 15 is 0 Å². The molecule has 0 fully saturated rings. The smallest absolute Gasteiger partial charge is 0.251 e. The van der Waals surface area contributed by atoms with Gasteiger partial charge in [0.05, 0.1) is 17.5 Å². The van der Waals surface area contributed by atoms with Crippen molar-refractivity contribution in [2.45, 2.75) is 17.9 Å². The number of nitrogens with zero attached hydrogens (tertiary/aromatic N) is 5. The van der Waals surface area contributed by atoms with Gasteiger partial charge in [-0.25, -0.2) is 23.2 Å². The second-order valence-electron chi connectivity index (χ2n) is 6.16. The number of benzene rings is 1. The van der Waals surface area contributed by atoms with E-state index in [1.807, 2.05) is 0 Å². The van der Waals surface area contributed by atoms with E-state index in [0.29, 0.717) is 21.8 Å². The zero-order valence-corrected chi connectivity index (χ0v) is 17.8. The number of amides is 1. The number of hydrogen-bond acceptors (Lipinski definition) is 6. The third-order valence-electron chi connectivity index (χ3n) is 3.95. The number of rotatable bonds is 5. The molecular weight excluding hydrogens is 460 g/mol. The summed E-state index contributed by atoms with van der Waals surface area (Å²) in [5, 5.41) is 6.91. The molecule has 1 aromatic carbocycles. The fraction of sp³-hybridized carbons (Fsp3) is 0.167. The van der Waals surface area contributed by atoms with Gasteiger partial charge in [-0.1, -0.05) is 22.0 Å². The topological polar surface area (TPSA) is 111 Å². The molecule has 1 atom stereocenters. The summed E-state index contributed by atoms with van der Waals surface area (Å²) in [6.45, 7) is 8.71. The van der Waals surface area contributed by atoms with Crippen molar-refractivity contribution in [3.05, 3.63) is 70.1 Å². The van der Waals surface area contributed by atoms with Crippen molar-refractivity contribution in [2.24, 2.45) is 0 Å². The number of sulfone groups is 1. The molecule has 2 heterocycles. The van der Waals surface area contributed by atoms with E-state index in [2.05, 4.69) is 41.2 Å². The van der Waals surface area contributed by atoms with E-state index in [1.165, 1.54) is 35.4 Å². The molecule has 9 nitrogen and oxygen atoms in total. The van der Waals surface area contributed by atoms with Gasteiger partial charge < -0.3 is 5.32 Å². The lowest BCUT2D eigenvalue weighted by molar-refractivity contribution is 0.0937. The fourth-order valence-corrected chi connectivity index (χ4v) is 3.87. The van der Waals surface area contributed by atoms with Gasteiger partial charge in [0, 0.05) is 22.5 Å². The third-order valence-corrected chi connectivity index (χ3v) is 5.50. The van der Waals surface area contributed by atoms with E-state index in [1.54, 1.807) is 19.1 Å². The van der Waals surface area contributed by atoms with Crippen LogP contribution in [-0.2, 0) is 9.84 Å². The maximum absolute atomic E-state index is 12.7. The SMILES string of the molecule is [C-]#[N+]c1ccc(-n2ncnc2[C@H](C)NC(=O)c2cc(Br)cc(S(C)(=O)=O)c2)nc1. The lowest BCUT2D eigenvalue weighted by Gasteiger charge is -2.15. The Morgan fingerprint density at radius 1 is 1.28 bits per heavy atom. The summed E-state index contributed by atoms with van der Waals surface area (Å²) in [5.41, 5.74) is 0.588. The molecule has 148 valence electrons. The summed E-state index contributed by atoms with van der Waals surface area (Å²) >= 11 is 3.23. The van der Waals surface area contributed by atoms with Crippen molar-refractivity contribution in [3.8, 4) is 5.82 Å². The molecule has 0 bridgehead atoms. The molecule has 0 aliphatic heterocycles. The highest BCUT2D eigenvalue weighted by Crippen LogP contribution is 2.21. The number of halogens is 1. The maximum atomic E-state index is 12.7. The lowest BCUT2D eigenvalue weighted by atomic mass is 10.2. The van der Waals surface area contributed by atoms with Crippen LogP contribution in [0.25, 0.3) is 10.7 Å². The fourth-order valence-electron chi connectivity index (χ4n) is 2.54. The standard InChI is InChI=1S/C18H15BrN6O3S/c1-11(17-22-10-23-25(17)16-5-4-14(20-2)9-21-16)24-18(26)12-6-13(19)8-15(7-12)29(3,27)28/h4-11H,1,3H3,(H,24,26)/t11-/m0/s1. The molecule has 0 aliphatic carbocycles. The molecule has 3 aromatic rings. The number of carbonyl (C=O) groups excluding carboxylic acids is 1. The highest BCUT2D eigenvalue weighted by Gasteiger charge is 2.20. The summed E-state index contributed by atoms with van der Waals surface area (Å²) in [7, 11) is -3.47. The molecular formula is C18H15BrN6O3S. The molecule has 11 heteroatoms. The van der Waals surface area contributed by atoms with E-state index in [4.69, 9.17) is 6.57 Å². The average Bonchev–Trinajstić information content (AvgIpc) is 3.17. The van der Waals surface area contributed by atoms with Gasteiger partial charge in [-0.3, -0.25) is 4.79 Å². The van der Waals surface area contributed by atoms with Crippen molar-refractivity contribution in [2.75, 3.05) is 6.26 Å². The minimum Gasteiger partial charge on any atom is -0.342 e. The van der Waals surface area contributed by atoms with Gasteiger partial charge in [-0.05, 0) is 31.2 Å². The van der Waals surface area contributed by atoms with Gasteiger partial charge in [0.1, 0.15) is 6.33 Å². The Bertz CT molecular complexity index is 1220. The van der Waals surface area contributed by atoms with Crippen LogP contribution >= 0.6 is 15.9 Å². The molecule has 0 radical (unpaired) electrons. The Morgan fingerprint density at radius 2 is 2.03 bits per heavy atom. The Morgan fingerprint density at radius 3 is 2.66 bits per heavy atom. The quantitative estimate of drug-likeness (QED) is 0.569. The Kier molecular flexibility index (Phi) is 5.76. The molecule has 0 unspecified atom stereocenters. The van der Waals surface area contributed by atoms with Crippen LogP contribution in [0.2, 0.25) is 0 Å². The van der Waals surface area contributed by atoms with Crippen molar-refractivity contribution < 1.29 is 13.2 Å². The van der Waals surface area contributed by atoms with E-state index in [9.17, 15) is 13.2 Å². The van der Waals surface area contributed by atoms with Crippen molar-refractivity contribution in [1.82, 2.24) is 25.1 Å². The van der Waals surface area contributed by atoms with E-state index < -0.39 is 21.8 Å². The van der Waals surface area contributed by atoms with Gasteiger partial charge in [0.2, 0.25) is 5.69 Å². The van der Waals surface area contributed by atoms with Gasteiger partial charge in [0.25, 0.3) is 5.91 Å². The molecule has 0 saturated heterocycles. The van der Waals surface area contributed by atoms with Gasteiger partial charge in [-0.2, -0.15) is 9.78 Å². The van der Waals surface area contributed by atoms with Crippen LogP contribution in [0.4, 0.5) is 5.69 Å². The highest BCUT2D eigenvalue weighted by molar-refractivity contribution is 9.10. The van der Waals surface area contributed by atoms with Gasteiger partial charge in [0.15, 0.2) is 21.5 Å². The van der Waals surface area contributed by atoms with Crippen molar-refractivity contribution >= 4 is 37.4 Å². The van der Waals surface area contributed by atoms with Gasteiger partial charge >= 0.3 is 0 Å². The Balaban J connectivity index is 1.86. The molecule has 1 amide bonds. The molecule has 1 N–H and O–H groups in total. The number of pyridine rings is 1. The normalized spacial score (nSPS) is 12.2. The van der Waals surface area contributed by atoms with Crippen molar-refractivity contribution in [3.63, 3.8) is 0 Å². The van der Waals surface area contributed by atoms with Crippen LogP contribution in [-0.4, -0.2) is 40.3 Å². The van der Waals surface area contributed by atoms with Crippen LogP contribution < -0.4 is 5.32 Å². The summed E-state index contributed by atoms with van der Waals surface area (Å²) in [5.74, 6) is 0.419. The Hall–Kier alpha value is -3.10. The predicted molar refractivity (Wildman–Crippen MR) is 109 cm³/mol. The monoisotopic (exact) mass is 474 g/mol. The summed E-state index contributed by atoms with van der Waals surface area (Å²) in [4.78, 5) is 24.4. The molecule has 3 rings (SSSR count). The maximum Gasteiger partial charge on any atom is 0.251 e. The largest absolute Gasteiger partial charge is 0.342 e. The highest BCUT2D eigenvalue weighted by atomic mass is 79.9. The van der Waals surface area contributed by atoms with E-state index in [0.717, 1.165) is 6.26 Å². The molecule has 29 heavy (non-hydrogen) atoms. The molecule has 2 aromatic heterocycles. The van der Waals surface area contributed by atoms with Crippen LogP contribution in [0, 0.1) is 6.57 Å². The minimum absolute atomic E-state index is 0.0388. The average molecular weight is 475 g/mol. The second-order valence-corrected chi connectivity index (χ2v) is 9.09. The second kappa shape index (κ2) is 8.10. The van der Waals surface area contributed by atoms with E-state index in [-0.39, 0.29) is 10.5 Å². The summed E-state index contributed by atoms with van der Waals surface area (Å²) in [6, 6.07) is 6.98. The summed E-state index contributed by atoms with van der Waals surface area (Å²) < 4.78 is 25.6. The lowest BCUT2D eigenvalue weighted by Crippen LogP contribution is -2.29. The van der Waals surface area contributed by atoms with Gasteiger partial charge in [-0.15, -0.1) is 0 Å². The number of hydrogen-bond donors (Lipinski definition) is 1. The minimum atomic E-state index is -3.47. The zero-order valence-electron chi connectivity index (χ0n) is 15.4. The predicted octanol–water partition coefficient (Wildman–Crippen LogP) is 2.87. The zero-order chi connectivity index (χ0) is 21.2. The first-order valence-electron chi connectivity index (χ1n) is 8.24. The van der Waals surface area contributed by atoms with Crippen LogP contribution in [0.5, 0.6) is 0 Å². The first kappa shape index (κ1) is 20.6.